The van der Waals surface area contributed by atoms with Crippen LogP contribution in [0.2, 0.25) is 0 Å². The maximum atomic E-state index is 12.9. The molecule has 0 aromatic heterocycles. The van der Waals surface area contributed by atoms with Gasteiger partial charge < -0.3 is 16.2 Å². The molecule has 30 heavy (non-hydrogen) atoms. The number of rotatable bonds is 6. The van der Waals surface area contributed by atoms with Crippen molar-refractivity contribution in [2.24, 2.45) is 11.7 Å². The molecule has 4 rings (SSSR count). The third kappa shape index (κ3) is 3.41. The van der Waals surface area contributed by atoms with E-state index in [-0.39, 0.29) is 17.5 Å². The fourth-order valence-corrected chi connectivity index (χ4v) is 5.09. The van der Waals surface area contributed by atoms with Gasteiger partial charge in [0.25, 0.3) is 0 Å². The number of aliphatic carboxylic acids is 1. The predicted molar refractivity (Wildman–Crippen MR) is 114 cm³/mol. The molecule has 2 aromatic carbocycles. The maximum absolute atomic E-state index is 12.9. The van der Waals surface area contributed by atoms with Gasteiger partial charge in [0, 0.05) is 29.6 Å². The second-order valence-corrected chi connectivity index (χ2v) is 8.55. The van der Waals surface area contributed by atoms with E-state index in [0.717, 1.165) is 36.1 Å². The van der Waals surface area contributed by atoms with E-state index in [1.165, 1.54) is 0 Å². The highest BCUT2D eigenvalue weighted by atomic mass is 16.4. The highest BCUT2D eigenvalue weighted by Crippen LogP contribution is 2.50. The average molecular weight is 406 g/mol. The lowest BCUT2D eigenvalue weighted by Gasteiger charge is -2.44. The minimum atomic E-state index is -1.86. The van der Waals surface area contributed by atoms with Crippen LogP contribution in [-0.2, 0) is 9.59 Å². The second-order valence-electron chi connectivity index (χ2n) is 8.55. The maximum Gasteiger partial charge on any atom is 0.324 e. The Labute approximate surface area is 175 Å². The van der Waals surface area contributed by atoms with Crippen LogP contribution < -0.4 is 11.1 Å². The smallest absolute Gasteiger partial charge is 0.324 e. The molecule has 1 aliphatic heterocycles. The van der Waals surface area contributed by atoms with Crippen molar-refractivity contribution in [3.63, 3.8) is 0 Å². The van der Waals surface area contributed by atoms with Gasteiger partial charge in [0.05, 0.1) is 0 Å². The van der Waals surface area contributed by atoms with E-state index >= 15 is 0 Å². The molecule has 0 amide bonds. The van der Waals surface area contributed by atoms with Crippen molar-refractivity contribution < 1.29 is 19.5 Å². The molecule has 6 nitrogen and oxygen atoms in total. The first-order valence-electron chi connectivity index (χ1n) is 10.3. The van der Waals surface area contributed by atoms with Gasteiger partial charge in [-0.25, -0.2) is 0 Å². The van der Waals surface area contributed by atoms with Crippen LogP contribution in [0.25, 0.3) is 0 Å². The molecule has 4 atom stereocenters. The lowest BCUT2D eigenvalue weighted by molar-refractivity contribution is -0.146. The average Bonchev–Trinajstić information content (AvgIpc) is 3.19. The van der Waals surface area contributed by atoms with Crippen molar-refractivity contribution in [3.05, 3.63) is 65.2 Å². The molecule has 2 aliphatic rings. The van der Waals surface area contributed by atoms with E-state index in [4.69, 9.17) is 5.73 Å². The van der Waals surface area contributed by atoms with Crippen LogP contribution in [-0.4, -0.2) is 34.2 Å². The van der Waals surface area contributed by atoms with Gasteiger partial charge in [-0.1, -0.05) is 54.4 Å². The Morgan fingerprint density at radius 1 is 1.10 bits per heavy atom. The summed E-state index contributed by atoms with van der Waals surface area (Å²) in [5.74, 6) is -3.26. The number of anilines is 1. The summed E-state index contributed by atoms with van der Waals surface area (Å²) < 4.78 is 0. The van der Waals surface area contributed by atoms with Crippen molar-refractivity contribution in [1.29, 1.82) is 0 Å². The summed E-state index contributed by atoms with van der Waals surface area (Å²) in [6.07, 6.45) is 2.21. The number of fused-ring (bicyclic) bond motifs is 2. The number of hydrogen-bond donors (Lipinski definition) is 3. The molecule has 4 N–H and O–H groups in total. The van der Waals surface area contributed by atoms with Crippen molar-refractivity contribution in [1.82, 2.24) is 0 Å². The van der Waals surface area contributed by atoms with Crippen LogP contribution in [0.15, 0.2) is 48.5 Å². The van der Waals surface area contributed by atoms with Crippen LogP contribution in [0.5, 0.6) is 0 Å². The molecule has 6 heteroatoms. The molecule has 0 saturated heterocycles. The number of hydrogen-bond acceptors (Lipinski definition) is 5. The Hall–Kier alpha value is -2.99. The lowest BCUT2D eigenvalue weighted by atomic mass is 9.66. The molecule has 1 heterocycles. The molecular formula is C24H26N2O4. The Morgan fingerprint density at radius 2 is 1.80 bits per heavy atom. The van der Waals surface area contributed by atoms with Crippen LogP contribution in [0.1, 0.15) is 53.1 Å². The Balaban J connectivity index is 1.70. The van der Waals surface area contributed by atoms with Crippen LogP contribution in [0.3, 0.4) is 0 Å². The summed E-state index contributed by atoms with van der Waals surface area (Å²) in [7, 11) is 0. The number of nitrogens with two attached hydrogens (primary N) is 1. The number of para-hydroxylation sites is 1. The van der Waals surface area contributed by atoms with Gasteiger partial charge in [0.15, 0.2) is 0 Å². The summed E-state index contributed by atoms with van der Waals surface area (Å²) >= 11 is 0. The number of nitrogens with one attached hydrogen (secondary N) is 1. The van der Waals surface area contributed by atoms with E-state index in [1.807, 2.05) is 31.2 Å². The van der Waals surface area contributed by atoms with E-state index in [2.05, 4.69) is 5.32 Å². The zero-order valence-corrected chi connectivity index (χ0v) is 16.9. The molecule has 0 bridgehead atoms. The minimum absolute atomic E-state index is 0.00303. The van der Waals surface area contributed by atoms with E-state index in [1.54, 1.807) is 24.3 Å². The zero-order valence-electron chi connectivity index (χ0n) is 16.9. The van der Waals surface area contributed by atoms with Gasteiger partial charge in [-0.05, 0) is 37.3 Å². The quantitative estimate of drug-likeness (QED) is 0.502. The number of benzene rings is 2. The normalized spacial score (nSPS) is 24.1. The first kappa shape index (κ1) is 20.3. The summed E-state index contributed by atoms with van der Waals surface area (Å²) in [6, 6.07) is 14.3. The number of Topliss-reactive ketones (excluding diaryl/α,β-unsaturated/α-hetero) is 2. The molecule has 0 radical (unpaired) electrons. The monoisotopic (exact) mass is 406 g/mol. The van der Waals surface area contributed by atoms with Crippen LogP contribution in [0, 0.1) is 12.8 Å². The molecule has 1 saturated carbocycles. The number of carboxylic acid groups (broad SMARTS) is 1. The third-order valence-electron chi connectivity index (χ3n) is 6.61. The first-order chi connectivity index (χ1) is 14.3. The van der Waals surface area contributed by atoms with Crippen LogP contribution >= 0.6 is 0 Å². The molecule has 0 spiro atoms. The topological polar surface area (TPSA) is 109 Å². The largest absolute Gasteiger partial charge is 0.480 e. The van der Waals surface area contributed by atoms with Crippen molar-refractivity contribution in [3.8, 4) is 0 Å². The van der Waals surface area contributed by atoms with Gasteiger partial charge in [-0.15, -0.1) is 0 Å². The van der Waals surface area contributed by atoms with Gasteiger partial charge in [0.2, 0.25) is 11.6 Å². The number of aryl methyl sites for hydroxylation is 1. The van der Waals surface area contributed by atoms with E-state index in [9.17, 15) is 19.5 Å². The Morgan fingerprint density at radius 3 is 2.50 bits per heavy atom. The molecule has 1 aliphatic carbocycles. The minimum Gasteiger partial charge on any atom is -0.480 e. The predicted octanol–water partition coefficient (Wildman–Crippen LogP) is 3.30. The molecule has 4 unspecified atom stereocenters. The van der Waals surface area contributed by atoms with Gasteiger partial charge in [0.1, 0.15) is 5.54 Å². The standard InChI is InChI=1S/C24H26N2O4/c1-14-9-11-15(12-10-14)22(28)20(27)13-24(25,23(29)30)21-16-5-2-3-7-18(16)26-19-8-4-6-17(19)21/h2-3,5,7,9-12,17,19,21,26H,4,6,8,13,25H2,1H3,(H,29,30). The van der Waals surface area contributed by atoms with E-state index in [0.29, 0.717) is 0 Å². The summed E-state index contributed by atoms with van der Waals surface area (Å²) in [5, 5.41) is 13.7. The van der Waals surface area contributed by atoms with Crippen molar-refractivity contribution >= 4 is 23.2 Å². The lowest BCUT2D eigenvalue weighted by Crippen LogP contribution is -2.59. The van der Waals surface area contributed by atoms with Crippen molar-refractivity contribution in [2.75, 3.05) is 5.32 Å². The van der Waals surface area contributed by atoms with Gasteiger partial charge in [-0.3, -0.25) is 14.4 Å². The second kappa shape index (κ2) is 7.69. The SMILES string of the molecule is Cc1ccc(C(=O)C(=O)CC(N)(C(=O)O)C2c3ccccc3NC3CCCC32)cc1. The van der Waals surface area contributed by atoms with Gasteiger partial charge >= 0.3 is 5.97 Å². The molecule has 1 fully saturated rings. The van der Waals surface area contributed by atoms with Crippen molar-refractivity contribution in [2.45, 2.75) is 50.1 Å². The zero-order chi connectivity index (χ0) is 21.5. The molecule has 2 aromatic rings. The number of carbonyl (C=O) groups is 3. The third-order valence-corrected chi connectivity index (χ3v) is 6.61. The highest BCUT2D eigenvalue weighted by molar-refractivity contribution is 6.44. The van der Waals surface area contributed by atoms with Crippen LogP contribution in [0.4, 0.5) is 5.69 Å². The number of ketones is 2. The summed E-state index contributed by atoms with van der Waals surface area (Å²) in [5.41, 5.74) is 7.56. The van der Waals surface area contributed by atoms with Gasteiger partial charge in [-0.2, -0.15) is 0 Å². The Kier molecular flexibility index (Phi) is 5.20. The number of carboxylic acids is 1. The first-order valence-corrected chi connectivity index (χ1v) is 10.3. The summed E-state index contributed by atoms with van der Waals surface area (Å²) in [6.45, 7) is 1.89. The fraction of sp³-hybridized carbons (Fsp3) is 0.375. The highest BCUT2D eigenvalue weighted by Gasteiger charge is 2.53. The van der Waals surface area contributed by atoms with E-state index < -0.39 is 35.4 Å². The Bertz CT molecular complexity index is 1000. The summed E-state index contributed by atoms with van der Waals surface area (Å²) in [4.78, 5) is 38.0. The number of carbonyl (C=O) groups excluding carboxylic acids is 2. The molecule has 156 valence electrons. The fourth-order valence-electron chi connectivity index (χ4n) is 5.09. The molecular weight excluding hydrogens is 380 g/mol.